The van der Waals surface area contributed by atoms with Gasteiger partial charge in [0.2, 0.25) is 5.91 Å². The van der Waals surface area contributed by atoms with E-state index in [-0.39, 0.29) is 29.8 Å². The molecule has 0 aliphatic heterocycles. The summed E-state index contributed by atoms with van der Waals surface area (Å²) in [5.41, 5.74) is 0.424. The summed E-state index contributed by atoms with van der Waals surface area (Å²) in [6.07, 6.45) is 4.51. The summed E-state index contributed by atoms with van der Waals surface area (Å²) >= 11 is 1.71. The minimum absolute atomic E-state index is 0.0253. The van der Waals surface area contributed by atoms with Crippen molar-refractivity contribution in [3.8, 4) is 0 Å². The third-order valence-electron chi connectivity index (χ3n) is 7.33. The highest BCUT2D eigenvalue weighted by molar-refractivity contribution is 7.11. The fourth-order valence-electron chi connectivity index (χ4n) is 5.47. The number of fused-ring (bicyclic) bond motifs is 2. The van der Waals surface area contributed by atoms with Crippen molar-refractivity contribution in [1.29, 1.82) is 0 Å². The van der Waals surface area contributed by atoms with E-state index in [1.807, 2.05) is 13.8 Å². The van der Waals surface area contributed by atoms with E-state index in [2.05, 4.69) is 12.2 Å². The van der Waals surface area contributed by atoms with Crippen molar-refractivity contribution in [3.05, 3.63) is 15.6 Å². The van der Waals surface area contributed by atoms with Gasteiger partial charge in [-0.1, -0.05) is 13.8 Å². The quantitative estimate of drug-likeness (QED) is 0.752. The van der Waals surface area contributed by atoms with Crippen LogP contribution in [0.2, 0.25) is 0 Å². The lowest BCUT2D eigenvalue weighted by molar-refractivity contribution is -0.144. The second kappa shape index (κ2) is 6.28. The summed E-state index contributed by atoms with van der Waals surface area (Å²) in [5, 5.41) is 25.0. The summed E-state index contributed by atoms with van der Waals surface area (Å²) < 4.78 is 0. The first-order chi connectivity index (χ1) is 12.3. The van der Waals surface area contributed by atoms with Crippen LogP contribution in [0.1, 0.15) is 67.4 Å². The lowest BCUT2D eigenvalue weighted by atomic mass is 9.47. The standard InChI is InChI=1S/C20H30N2O3S/c1-11-21-18-13(8-17(25)22-12-4-5-12)19(2)7-6-16(24)20(3,10-23)15(19)9-14(18)26-11/h12-13,15-16,23-24H,4-10H2,1-3H3,(H,22,25)/t13-,15+,16-,19+,20+/m1/s1. The molecular formula is C20H30N2O3S. The Morgan fingerprint density at radius 1 is 1.35 bits per heavy atom. The number of thiazole rings is 1. The summed E-state index contributed by atoms with van der Waals surface area (Å²) in [5.74, 6) is 0.320. The Bertz CT molecular complexity index is 716. The Hall–Kier alpha value is -0.980. The molecule has 5 atom stereocenters. The second-order valence-electron chi connectivity index (χ2n) is 9.12. The molecule has 144 valence electrons. The van der Waals surface area contributed by atoms with Crippen LogP contribution in [-0.2, 0) is 11.2 Å². The molecule has 0 bridgehead atoms. The topological polar surface area (TPSA) is 82.5 Å². The number of nitrogens with one attached hydrogen (secondary N) is 1. The molecule has 5 nitrogen and oxygen atoms in total. The molecule has 2 saturated carbocycles. The molecule has 0 aromatic carbocycles. The van der Waals surface area contributed by atoms with Crippen molar-refractivity contribution >= 4 is 17.2 Å². The number of nitrogens with zero attached hydrogens (tertiary/aromatic N) is 1. The second-order valence-corrected chi connectivity index (χ2v) is 10.4. The number of amides is 1. The van der Waals surface area contributed by atoms with Gasteiger partial charge in [-0.3, -0.25) is 4.79 Å². The van der Waals surface area contributed by atoms with Gasteiger partial charge in [-0.25, -0.2) is 4.98 Å². The molecule has 0 saturated heterocycles. The van der Waals surface area contributed by atoms with Gasteiger partial charge in [0.25, 0.3) is 0 Å². The Kier molecular flexibility index (Phi) is 4.44. The van der Waals surface area contributed by atoms with Gasteiger partial charge < -0.3 is 15.5 Å². The Labute approximate surface area is 159 Å². The lowest BCUT2D eigenvalue weighted by Crippen LogP contribution is -2.57. The summed E-state index contributed by atoms with van der Waals surface area (Å²) in [6, 6.07) is 0.363. The van der Waals surface area contributed by atoms with Crippen LogP contribution < -0.4 is 5.32 Å². The molecule has 1 aromatic rings. The van der Waals surface area contributed by atoms with Gasteiger partial charge in [-0.05, 0) is 50.4 Å². The van der Waals surface area contributed by atoms with Gasteiger partial charge in [0.05, 0.1) is 23.4 Å². The molecule has 3 aliphatic carbocycles. The molecule has 6 heteroatoms. The number of carbonyl (C=O) groups excluding carboxylic acids is 1. The van der Waals surface area contributed by atoms with Crippen LogP contribution in [0, 0.1) is 23.7 Å². The Morgan fingerprint density at radius 2 is 2.08 bits per heavy atom. The first-order valence-electron chi connectivity index (χ1n) is 9.82. The number of hydrogen-bond donors (Lipinski definition) is 3. The number of aromatic nitrogens is 1. The van der Waals surface area contributed by atoms with E-state index in [9.17, 15) is 15.0 Å². The zero-order chi connectivity index (χ0) is 18.7. The molecule has 1 amide bonds. The predicted octanol–water partition coefficient (Wildman–Crippen LogP) is 2.54. The van der Waals surface area contributed by atoms with E-state index >= 15 is 0 Å². The summed E-state index contributed by atoms with van der Waals surface area (Å²) in [6.45, 7) is 6.27. The van der Waals surface area contributed by atoms with E-state index in [1.165, 1.54) is 4.88 Å². The van der Waals surface area contributed by atoms with Gasteiger partial charge >= 0.3 is 0 Å². The highest BCUT2D eigenvalue weighted by Gasteiger charge is 2.59. The molecule has 1 aromatic heterocycles. The molecule has 2 fully saturated rings. The van der Waals surface area contributed by atoms with Crippen molar-refractivity contribution in [3.63, 3.8) is 0 Å². The summed E-state index contributed by atoms with van der Waals surface area (Å²) in [7, 11) is 0. The SMILES string of the molecule is Cc1nc2c(s1)C[C@@H]1[C@](C)(CO)[C@H](O)CC[C@@]1(C)[C@@H]2CC(=O)NC1CC1. The zero-order valence-corrected chi connectivity index (χ0v) is 16.7. The maximum Gasteiger partial charge on any atom is 0.220 e. The number of hydrogen-bond acceptors (Lipinski definition) is 5. The zero-order valence-electron chi connectivity index (χ0n) is 15.9. The van der Waals surface area contributed by atoms with E-state index in [1.54, 1.807) is 11.3 Å². The third kappa shape index (κ3) is 2.81. The normalized spacial score (nSPS) is 39.2. The molecule has 3 N–H and O–H groups in total. The maximum absolute atomic E-state index is 12.7. The highest BCUT2D eigenvalue weighted by Crippen LogP contribution is 2.62. The molecular weight excluding hydrogens is 348 g/mol. The third-order valence-corrected chi connectivity index (χ3v) is 8.34. The van der Waals surface area contributed by atoms with Gasteiger partial charge in [-0.2, -0.15) is 0 Å². The van der Waals surface area contributed by atoms with Crippen molar-refractivity contribution < 1.29 is 15.0 Å². The molecule has 0 spiro atoms. The summed E-state index contributed by atoms with van der Waals surface area (Å²) in [4.78, 5) is 18.7. The van der Waals surface area contributed by atoms with Crippen LogP contribution in [0.3, 0.4) is 0 Å². The molecule has 26 heavy (non-hydrogen) atoms. The van der Waals surface area contributed by atoms with Gasteiger partial charge in [0.15, 0.2) is 0 Å². The first-order valence-corrected chi connectivity index (χ1v) is 10.6. The van der Waals surface area contributed by atoms with Crippen LogP contribution in [-0.4, -0.2) is 39.9 Å². The number of aliphatic hydroxyl groups excluding tert-OH is 2. The number of rotatable bonds is 4. The van der Waals surface area contributed by atoms with E-state index in [4.69, 9.17) is 4.98 Å². The largest absolute Gasteiger partial charge is 0.396 e. The predicted molar refractivity (Wildman–Crippen MR) is 101 cm³/mol. The van der Waals surface area contributed by atoms with E-state index in [0.29, 0.717) is 18.9 Å². The number of carbonyl (C=O) groups is 1. The van der Waals surface area contributed by atoms with Crippen LogP contribution in [0.5, 0.6) is 0 Å². The van der Waals surface area contributed by atoms with E-state index in [0.717, 1.165) is 36.4 Å². The van der Waals surface area contributed by atoms with E-state index < -0.39 is 11.5 Å². The van der Waals surface area contributed by atoms with Crippen LogP contribution >= 0.6 is 11.3 Å². The van der Waals surface area contributed by atoms with Crippen LogP contribution in [0.15, 0.2) is 0 Å². The van der Waals surface area contributed by atoms with Crippen LogP contribution in [0.4, 0.5) is 0 Å². The Balaban J connectivity index is 1.73. The molecule has 1 heterocycles. The van der Waals surface area contributed by atoms with Crippen molar-refractivity contribution in [2.45, 2.75) is 77.4 Å². The van der Waals surface area contributed by atoms with Crippen molar-refractivity contribution in [2.24, 2.45) is 16.7 Å². The molecule has 0 radical (unpaired) electrons. The van der Waals surface area contributed by atoms with Gasteiger partial charge in [-0.15, -0.1) is 11.3 Å². The van der Waals surface area contributed by atoms with Crippen molar-refractivity contribution in [2.75, 3.05) is 6.61 Å². The highest BCUT2D eigenvalue weighted by atomic mass is 32.1. The van der Waals surface area contributed by atoms with Crippen molar-refractivity contribution in [1.82, 2.24) is 10.3 Å². The van der Waals surface area contributed by atoms with Crippen LogP contribution in [0.25, 0.3) is 0 Å². The van der Waals surface area contributed by atoms with Gasteiger partial charge in [0, 0.05) is 28.7 Å². The number of aryl methyl sites for hydroxylation is 1. The lowest BCUT2D eigenvalue weighted by Gasteiger charge is -2.58. The minimum atomic E-state index is -0.534. The maximum atomic E-state index is 12.7. The molecule has 3 aliphatic rings. The average molecular weight is 379 g/mol. The molecule has 0 unspecified atom stereocenters. The van der Waals surface area contributed by atoms with Gasteiger partial charge in [0.1, 0.15) is 0 Å². The Morgan fingerprint density at radius 3 is 2.73 bits per heavy atom. The number of aliphatic hydroxyl groups is 2. The average Bonchev–Trinajstić information content (AvgIpc) is 3.32. The smallest absolute Gasteiger partial charge is 0.220 e. The fraction of sp³-hybridized carbons (Fsp3) is 0.800. The fourth-order valence-corrected chi connectivity index (χ4v) is 6.51. The molecule has 4 rings (SSSR count). The minimum Gasteiger partial charge on any atom is -0.396 e. The monoisotopic (exact) mass is 378 g/mol. The first kappa shape index (κ1) is 18.4.